The van der Waals surface area contributed by atoms with Crippen molar-refractivity contribution in [3.8, 4) is 0 Å². The number of sulfonamides is 1. The first-order chi connectivity index (χ1) is 14.8. The van der Waals surface area contributed by atoms with Crippen molar-refractivity contribution in [3.05, 3.63) is 65.7 Å². The topological polar surface area (TPSA) is 90.0 Å². The Balaban J connectivity index is 2.08. The summed E-state index contributed by atoms with van der Waals surface area (Å²) < 4.78 is 38.0. The van der Waals surface area contributed by atoms with Crippen LogP contribution in [0.25, 0.3) is 0 Å². The van der Waals surface area contributed by atoms with Gasteiger partial charge in [-0.05, 0) is 37.0 Å². The largest absolute Gasteiger partial charge is 0.469 e. The van der Waals surface area contributed by atoms with Gasteiger partial charge in [0.2, 0.25) is 10.0 Å². The van der Waals surface area contributed by atoms with Crippen molar-refractivity contribution in [3.63, 3.8) is 0 Å². The number of ether oxygens (including phenoxy) is 2. The molecule has 0 aliphatic carbocycles. The molecule has 0 amide bonds. The highest BCUT2D eigenvalue weighted by Crippen LogP contribution is 2.41. The van der Waals surface area contributed by atoms with Gasteiger partial charge < -0.3 is 9.47 Å². The molecule has 1 heterocycles. The minimum Gasteiger partial charge on any atom is -0.469 e. The highest BCUT2D eigenvalue weighted by molar-refractivity contribution is 7.89. The molecule has 166 valence electrons. The standard InChI is InChI=1S/C23H27NO6S/c1-16-9-11-18(12-10-16)31(27,28)24-14-13-19(17-7-5-4-6-8-17)20(15-21(25)29-2)22(24)23(26)30-3/h4-12,19-20,22H,13-15H2,1-3H3/t19-,20-,22+/m0/s1. The van der Waals surface area contributed by atoms with Crippen LogP contribution in [0.1, 0.15) is 29.9 Å². The number of rotatable bonds is 6. The number of aryl methyl sites for hydroxylation is 1. The summed E-state index contributed by atoms with van der Waals surface area (Å²) in [6, 6.07) is 14.8. The summed E-state index contributed by atoms with van der Waals surface area (Å²) in [7, 11) is -1.49. The molecule has 0 unspecified atom stereocenters. The van der Waals surface area contributed by atoms with Crippen LogP contribution in [-0.2, 0) is 29.1 Å². The van der Waals surface area contributed by atoms with E-state index >= 15 is 0 Å². The Bertz CT molecular complexity index is 1020. The van der Waals surface area contributed by atoms with E-state index in [0.29, 0.717) is 6.42 Å². The van der Waals surface area contributed by atoms with E-state index in [-0.39, 0.29) is 23.8 Å². The van der Waals surface area contributed by atoms with E-state index < -0.39 is 33.9 Å². The summed E-state index contributed by atoms with van der Waals surface area (Å²) in [5, 5.41) is 0. The van der Waals surface area contributed by atoms with Crippen LogP contribution in [-0.4, -0.2) is 51.5 Å². The van der Waals surface area contributed by atoms with Gasteiger partial charge in [-0.2, -0.15) is 4.31 Å². The van der Waals surface area contributed by atoms with Crippen LogP contribution in [0.15, 0.2) is 59.5 Å². The third-order valence-electron chi connectivity index (χ3n) is 5.82. The maximum absolute atomic E-state index is 13.5. The van der Waals surface area contributed by atoms with Crippen molar-refractivity contribution in [2.24, 2.45) is 5.92 Å². The molecule has 1 fully saturated rings. The van der Waals surface area contributed by atoms with Crippen LogP contribution < -0.4 is 0 Å². The van der Waals surface area contributed by atoms with Gasteiger partial charge >= 0.3 is 11.9 Å². The van der Waals surface area contributed by atoms with Crippen LogP contribution in [0, 0.1) is 12.8 Å². The van der Waals surface area contributed by atoms with Gasteiger partial charge in [-0.15, -0.1) is 0 Å². The number of benzene rings is 2. The van der Waals surface area contributed by atoms with E-state index in [2.05, 4.69) is 0 Å². The predicted octanol–water partition coefficient (Wildman–Crippen LogP) is 2.89. The Labute approximate surface area is 183 Å². The van der Waals surface area contributed by atoms with Crippen molar-refractivity contribution >= 4 is 22.0 Å². The number of hydrogen-bond donors (Lipinski definition) is 0. The maximum Gasteiger partial charge on any atom is 0.324 e. The molecule has 1 saturated heterocycles. The molecular weight excluding hydrogens is 418 g/mol. The van der Waals surface area contributed by atoms with Crippen molar-refractivity contribution in [2.45, 2.75) is 36.6 Å². The van der Waals surface area contributed by atoms with Gasteiger partial charge in [-0.1, -0.05) is 48.0 Å². The van der Waals surface area contributed by atoms with E-state index in [1.165, 1.54) is 30.7 Å². The first-order valence-corrected chi connectivity index (χ1v) is 11.5. The molecule has 7 nitrogen and oxygen atoms in total. The van der Waals surface area contributed by atoms with Crippen LogP contribution in [0.5, 0.6) is 0 Å². The predicted molar refractivity (Wildman–Crippen MR) is 115 cm³/mol. The number of piperidine rings is 1. The van der Waals surface area contributed by atoms with E-state index in [1.54, 1.807) is 12.1 Å². The van der Waals surface area contributed by atoms with E-state index in [4.69, 9.17) is 9.47 Å². The smallest absolute Gasteiger partial charge is 0.324 e. The molecular formula is C23H27NO6S. The molecule has 0 spiro atoms. The van der Waals surface area contributed by atoms with Gasteiger partial charge in [0.1, 0.15) is 6.04 Å². The second-order valence-electron chi connectivity index (χ2n) is 7.65. The lowest BCUT2D eigenvalue weighted by Gasteiger charge is -2.43. The monoisotopic (exact) mass is 445 g/mol. The summed E-state index contributed by atoms with van der Waals surface area (Å²) in [5.41, 5.74) is 1.87. The van der Waals surface area contributed by atoms with Crippen LogP contribution in [0.3, 0.4) is 0 Å². The van der Waals surface area contributed by atoms with Gasteiger partial charge in [-0.3, -0.25) is 9.59 Å². The minimum atomic E-state index is -3.98. The zero-order valence-corrected chi connectivity index (χ0v) is 18.7. The van der Waals surface area contributed by atoms with Gasteiger partial charge in [0.05, 0.1) is 25.5 Å². The Morgan fingerprint density at radius 1 is 1.00 bits per heavy atom. The highest BCUT2D eigenvalue weighted by Gasteiger charge is 2.49. The number of nitrogens with zero attached hydrogens (tertiary/aromatic N) is 1. The molecule has 1 aliphatic rings. The summed E-state index contributed by atoms with van der Waals surface area (Å²) in [5.74, 6) is -2.02. The molecule has 0 bridgehead atoms. The summed E-state index contributed by atoms with van der Waals surface area (Å²) in [6.07, 6.45) is 0.361. The Morgan fingerprint density at radius 2 is 1.65 bits per heavy atom. The quantitative estimate of drug-likeness (QED) is 0.635. The Hall–Kier alpha value is -2.71. The minimum absolute atomic E-state index is 0.0991. The van der Waals surface area contributed by atoms with Crippen LogP contribution >= 0.6 is 0 Å². The number of esters is 2. The molecule has 8 heteroatoms. The third kappa shape index (κ3) is 4.80. The van der Waals surface area contributed by atoms with E-state index in [9.17, 15) is 18.0 Å². The van der Waals surface area contributed by atoms with Crippen molar-refractivity contribution in [1.29, 1.82) is 0 Å². The molecule has 2 aromatic carbocycles. The molecule has 3 atom stereocenters. The Kier molecular flexibility index (Phi) is 7.12. The second kappa shape index (κ2) is 9.62. The van der Waals surface area contributed by atoms with E-state index in [0.717, 1.165) is 11.1 Å². The van der Waals surface area contributed by atoms with Crippen molar-refractivity contribution < 1.29 is 27.5 Å². The van der Waals surface area contributed by atoms with Gasteiger partial charge in [0, 0.05) is 12.5 Å². The van der Waals surface area contributed by atoms with Crippen LogP contribution in [0.4, 0.5) is 0 Å². The number of hydrogen-bond acceptors (Lipinski definition) is 6. The van der Waals surface area contributed by atoms with Crippen LogP contribution in [0.2, 0.25) is 0 Å². The first-order valence-electron chi connectivity index (χ1n) is 10.1. The molecule has 0 N–H and O–H groups in total. The summed E-state index contributed by atoms with van der Waals surface area (Å²) >= 11 is 0. The summed E-state index contributed by atoms with van der Waals surface area (Å²) in [4.78, 5) is 25.2. The SMILES string of the molecule is COC(=O)C[C@H]1[C@H](c2ccccc2)CCN(S(=O)(=O)c2ccc(C)cc2)[C@H]1C(=O)OC. The lowest BCUT2D eigenvalue weighted by Crippen LogP contribution is -2.55. The lowest BCUT2D eigenvalue weighted by molar-refractivity contribution is -0.151. The molecule has 0 aromatic heterocycles. The van der Waals surface area contributed by atoms with Gasteiger partial charge in [-0.25, -0.2) is 8.42 Å². The molecule has 0 saturated carbocycles. The molecule has 31 heavy (non-hydrogen) atoms. The zero-order valence-electron chi connectivity index (χ0n) is 17.9. The van der Waals surface area contributed by atoms with Crippen molar-refractivity contribution in [1.82, 2.24) is 4.31 Å². The van der Waals surface area contributed by atoms with Crippen molar-refractivity contribution in [2.75, 3.05) is 20.8 Å². The fourth-order valence-electron chi connectivity index (χ4n) is 4.23. The number of carbonyl (C=O) groups excluding carboxylic acids is 2. The molecule has 1 aliphatic heterocycles. The molecule has 2 aromatic rings. The zero-order chi connectivity index (χ0) is 22.6. The Morgan fingerprint density at radius 3 is 2.23 bits per heavy atom. The lowest BCUT2D eigenvalue weighted by atomic mass is 9.75. The fourth-order valence-corrected chi connectivity index (χ4v) is 5.86. The van der Waals surface area contributed by atoms with E-state index in [1.807, 2.05) is 37.3 Å². The second-order valence-corrected chi connectivity index (χ2v) is 9.54. The van der Waals surface area contributed by atoms with Gasteiger partial charge in [0.15, 0.2) is 0 Å². The fraction of sp³-hybridized carbons (Fsp3) is 0.391. The normalized spacial score (nSPS) is 22.0. The number of methoxy groups -OCH3 is 2. The third-order valence-corrected chi connectivity index (χ3v) is 7.72. The molecule has 3 rings (SSSR count). The average molecular weight is 446 g/mol. The number of carbonyl (C=O) groups is 2. The van der Waals surface area contributed by atoms with Gasteiger partial charge in [0.25, 0.3) is 0 Å². The highest BCUT2D eigenvalue weighted by atomic mass is 32.2. The molecule has 0 radical (unpaired) electrons. The summed E-state index contributed by atoms with van der Waals surface area (Å²) in [6.45, 7) is 2.00. The average Bonchev–Trinajstić information content (AvgIpc) is 2.79. The first kappa shape index (κ1) is 23.0. The maximum atomic E-state index is 13.5.